The summed E-state index contributed by atoms with van der Waals surface area (Å²) >= 11 is 0. The molecule has 1 aliphatic heterocycles. The Kier molecular flexibility index (Phi) is 4.60. The molecule has 0 atom stereocenters. The van der Waals surface area contributed by atoms with Crippen molar-refractivity contribution in [3.8, 4) is 0 Å². The van der Waals surface area contributed by atoms with Crippen molar-refractivity contribution in [2.45, 2.75) is 32.8 Å². The van der Waals surface area contributed by atoms with Gasteiger partial charge < -0.3 is 20.3 Å². The molecule has 0 aromatic heterocycles. The van der Waals surface area contributed by atoms with E-state index in [0.717, 1.165) is 19.5 Å². The average Bonchev–Trinajstić information content (AvgIpc) is 2.18. The zero-order valence-corrected chi connectivity index (χ0v) is 10.7. The molecule has 1 heterocycles. The Balaban J connectivity index is 2.19. The molecule has 98 valence electrons. The van der Waals surface area contributed by atoms with Gasteiger partial charge in [0.15, 0.2) is 0 Å². The van der Waals surface area contributed by atoms with Crippen LogP contribution in [-0.2, 0) is 4.74 Å². The minimum atomic E-state index is -0.493. The maximum atomic E-state index is 11.4. The number of nitrogens with zero attached hydrogens (tertiary/aromatic N) is 1. The van der Waals surface area contributed by atoms with E-state index in [4.69, 9.17) is 4.74 Å². The van der Waals surface area contributed by atoms with Gasteiger partial charge in [0.05, 0.1) is 0 Å². The van der Waals surface area contributed by atoms with Crippen LogP contribution in [0.4, 0.5) is 9.59 Å². The monoisotopic (exact) mass is 243 g/mol. The van der Waals surface area contributed by atoms with Crippen molar-refractivity contribution in [3.63, 3.8) is 0 Å². The lowest BCUT2D eigenvalue weighted by molar-refractivity contribution is 0.0522. The second-order valence-corrected chi connectivity index (χ2v) is 5.00. The van der Waals surface area contributed by atoms with E-state index in [-0.39, 0.29) is 6.03 Å². The third kappa shape index (κ3) is 5.42. The SMILES string of the molecule is CC(C)(C)OC(=O)NCCN1CCCNC1=O. The fraction of sp³-hybridized carbons (Fsp3) is 0.818. The van der Waals surface area contributed by atoms with Crippen molar-refractivity contribution in [2.75, 3.05) is 26.2 Å². The van der Waals surface area contributed by atoms with Crippen molar-refractivity contribution in [1.29, 1.82) is 0 Å². The summed E-state index contributed by atoms with van der Waals surface area (Å²) in [7, 11) is 0. The molecule has 0 bridgehead atoms. The number of carbonyl (C=O) groups is 2. The van der Waals surface area contributed by atoms with Gasteiger partial charge in [0.25, 0.3) is 0 Å². The summed E-state index contributed by atoms with van der Waals surface area (Å²) in [4.78, 5) is 24.4. The molecular weight excluding hydrogens is 222 g/mol. The Labute approximate surface area is 102 Å². The van der Waals surface area contributed by atoms with Crippen LogP contribution in [0.1, 0.15) is 27.2 Å². The van der Waals surface area contributed by atoms with Crippen LogP contribution >= 0.6 is 0 Å². The zero-order valence-electron chi connectivity index (χ0n) is 10.7. The number of ether oxygens (including phenoxy) is 1. The van der Waals surface area contributed by atoms with Gasteiger partial charge in [-0.15, -0.1) is 0 Å². The Morgan fingerprint density at radius 1 is 1.53 bits per heavy atom. The summed E-state index contributed by atoms with van der Waals surface area (Å²) in [5, 5.41) is 5.38. The van der Waals surface area contributed by atoms with Crippen molar-refractivity contribution >= 4 is 12.1 Å². The van der Waals surface area contributed by atoms with E-state index in [2.05, 4.69) is 10.6 Å². The highest BCUT2D eigenvalue weighted by molar-refractivity contribution is 5.75. The van der Waals surface area contributed by atoms with Crippen LogP contribution in [-0.4, -0.2) is 48.8 Å². The zero-order chi connectivity index (χ0) is 12.9. The van der Waals surface area contributed by atoms with E-state index in [9.17, 15) is 9.59 Å². The maximum absolute atomic E-state index is 11.4. The number of rotatable bonds is 3. The summed E-state index contributed by atoms with van der Waals surface area (Å²) in [6, 6.07) is -0.0674. The number of urea groups is 1. The van der Waals surface area contributed by atoms with Gasteiger partial charge in [-0.05, 0) is 27.2 Å². The lowest BCUT2D eigenvalue weighted by atomic mass is 10.2. The first-order valence-corrected chi connectivity index (χ1v) is 5.88. The molecular formula is C11H21N3O3. The molecule has 1 rings (SSSR count). The molecule has 1 aliphatic rings. The number of carbonyl (C=O) groups excluding carboxylic acids is 2. The molecule has 17 heavy (non-hydrogen) atoms. The number of alkyl carbamates (subject to hydrolysis) is 1. The summed E-state index contributed by atoms with van der Waals surface area (Å²) in [6.07, 6.45) is 0.493. The van der Waals surface area contributed by atoms with E-state index in [1.165, 1.54) is 0 Å². The molecule has 0 spiro atoms. The van der Waals surface area contributed by atoms with Crippen LogP contribution in [0.15, 0.2) is 0 Å². The van der Waals surface area contributed by atoms with Crippen LogP contribution in [0.25, 0.3) is 0 Å². The predicted octanol–water partition coefficient (Wildman–Crippen LogP) is 0.926. The van der Waals surface area contributed by atoms with E-state index in [0.29, 0.717) is 13.1 Å². The van der Waals surface area contributed by atoms with Crippen LogP contribution in [0, 0.1) is 0 Å². The van der Waals surface area contributed by atoms with Crippen molar-refractivity contribution in [1.82, 2.24) is 15.5 Å². The van der Waals surface area contributed by atoms with Gasteiger partial charge in [-0.25, -0.2) is 9.59 Å². The van der Waals surface area contributed by atoms with Gasteiger partial charge in [-0.3, -0.25) is 0 Å². The van der Waals surface area contributed by atoms with Gasteiger partial charge >= 0.3 is 12.1 Å². The van der Waals surface area contributed by atoms with Gasteiger partial charge in [-0.1, -0.05) is 0 Å². The van der Waals surface area contributed by atoms with Gasteiger partial charge in [-0.2, -0.15) is 0 Å². The highest BCUT2D eigenvalue weighted by Gasteiger charge is 2.18. The summed E-state index contributed by atoms with van der Waals surface area (Å²) in [5.41, 5.74) is -0.493. The second kappa shape index (κ2) is 5.75. The summed E-state index contributed by atoms with van der Waals surface area (Å²) < 4.78 is 5.08. The molecule has 6 nitrogen and oxygen atoms in total. The van der Waals surface area contributed by atoms with Crippen LogP contribution < -0.4 is 10.6 Å². The topological polar surface area (TPSA) is 70.7 Å². The Bertz CT molecular complexity index is 286. The summed E-state index contributed by atoms with van der Waals surface area (Å²) in [6.45, 7) is 7.81. The summed E-state index contributed by atoms with van der Waals surface area (Å²) in [5.74, 6) is 0. The minimum Gasteiger partial charge on any atom is -0.444 e. The number of hydrogen-bond donors (Lipinski definition) is 2. The van der Waals surface area contributed by atoms with Gasteiger partial charge in [0.1, 0.15) is 5.60 Å². The van der Waals surface area contributed by atoms with E-state index >= 15 is 0 Å². The number of hydrogen-bond acceptors (Lipinski definition) is 3. The van der Waals surface area contributed by atoms with Gasteiger partial charge in [0, 0.05) is 26.2 Å². The normalized spacial score (nSPS) is 16.4. The van der Waals surface area contributed by atoms with E-state index in [1.54, 1.807) is 4.90 Å². The average molecular weight is 243 g/mol. The molecule has 6 heteroatoms. The molecule has 0 aromatic rings. The first-order chi connectivity index (χ1) is 7.88. The lowest BCUT2D eigenvalue weighted by Gasteiger charge is -2.27. The lowest BCUT2D eigenvalue weighted by Crippen LogP contribution is -2.49. The number of nitrogens with one attached hydrogen (secondary N) is 2. The molecule has 0 aromatic carbocycles. The second-order valence-electron chi connectivity index (χ2n) is 5.00. The smallest absolute Gasteiger partial charge is 0.407 e. The molecule has 0 saturated carbocycles. The van der Waals surface area contributed by atoms with Crippen LogP contribution in [0.2, 0.25) is 0 Å². The van der Waals surface area contributed by atoms with Crippen molar-refractivity contribution in [2.24, 2.45) is 0 Å². The van der Waals surface area contributed by atoms with Crippen LogP contribution in [0.5, 0.6) is 0 Å². The maximum Gasteiger partial charge on any atom is 0.407 e. The van der Waals surface area contributed by atoms with Gasteiger partial charge in [0.2, 0.25) is 0 Å². The Morgan fingerprint density at radius 2 is 2.24 bits per heavy atom. The Morgan fingerprint density at radius 3 is 2.82 bits per heavy atom. The standard InChI is InChI=1S/C11H21N3O3/c1-11(2,3)17-10(16)13-6-8-14-7-4-5-12-9(14)15/h4-8H2,1-3H3,(H,12,15)(H,13,16). The van der Waals surface area contributed by atoms with E-state index in [1.807, 2.05) is 20.8 Å². The van der Waals surface area contributed by atoms with E-state index < -0.39 is 11.7 Å². The largest absolute Gasteiger partial charge is 0.444 e. The quantitative estimate of drug-likeness (QED) is 0.774. The van der Waals surface area contributed by atoms with Crippen LogP contribution in [0.3, 0.4) is 0 Å². The first-order valence-electron chi connectivity index (χ1n) is 5.88. The fourth-order valence-electron chi connectivity index (χ4n) is 1.50. The minimum absolute atomic E-state index is 0.0674. The third-order valence-electron chi connectivity index (χ3n) is 2.22. The Hall–Kier alpha value is -1.46. The predicted molar refractivity (Wildman–Crippen MR) is 63.8 cm³/mol. The molecule has 1 fully saturated rings. The highest BCUT2D eigenvalue weighted by Crippen LogP contribution is 2.06. The molecule has 0 radical (unpaired) electrons. The molecule has 2 N–H and O–H groups in total. The first kappa shape index (κ1) is 13.6. The highest BCUT2D eigenvalue weighted by atomic mass is 16.6. The molecule has 1 saturated heterocycles. The van der Waals surface area contributed by atoms with Crippen molar-refractivity contribution < 1.29 is 14.3 Å². The molecule has 0 aliphatic carbocycles. The number of amides is 3. The third-order valence-corrected chi connectivity index (χ3v) is 2.22. The molecule has 0 unspecified atom stereocenters. The van der Waals surface area contributed by atoms with Crippen molar-refractivity contribution in [3.05, 3.63) is 0 Å². The molecule has 3 amide bonds. The fourth-order valence-corrected chi connectivity index (χ4v) is 1.50.